The van der Waals surface area contributed by atoms with Crippen LogP contribution in [0.1, 0.15) is 23.0 Å². The Morgan fingerprint density at radius 3 is 2.80 bits per heavy atom. The number of pyridine rings is 1. The molecule has 7 nitrogen and oxygen atoms in total. The number of nitrogens with two attached hydrogens (primary N) is 1. The van der Waals surface area contributed by atoms with Gasteiger partial charge in [0.1, 0.15) is 5.56 Å². The molecule has 0 bridgehead atoms. The van der Waals surface area contributed by atoms with E-state index in [2.05, 4.69) is 4.98 Å². The molecular weight excluding hydrogens is 262 g/mol. The number of nitrogens with zero attached hydrogens (tertiary/aromatic N) is 2. The number of nitro benzene ring substituents is 1. The second-order valence-electron chi connectivity index (χ2n) is 4.16. The third-order valence-electron chi connectivity index (χ3n) is 2.88. The topological polar surface area (TPSA) is 108 Å². The zero-order chi connectivity index (χ0) is 14.9. The maximum atomic E-state index is 11.9. The number of nitrogen functional groups attached to an aromatic ring is 1. The fourth-order valence-corrected chi connectivity index (χ4v) is 1.98. The molecule has 0 fully saturated rings. The third kappa shape index (κ3) is 2.25. The molecule has 1 aromatic carbocycles. The van der Waals surface area contributed by atoms with E-state index in [1.54, 1.807) is 13.8 Å². The van der Waals surface area contributed by atoms with Gasteiger partial charge in [-0.05, 0) is 19.9 Å². The summed E-state index contributed by atoms with van der Waals surface area (Å²) in [5, 5.41) is 11.2. The van der Waals surface area contributed by atoms with Crippen molar-refractivity contribution in [3.05, 3.63) is 39.6 Å². The van der Waals surface area contributed by atoms with Crippen molar-refractivity contribution in [1.82, 2.24) is 4.98 Å². The van der Waals surface area contributed by atoms with Crippen LogP contribution in [0.4, 0.5) is 11.4 Å². The molecule has 0 atom stereocenters. The zero-order valence-electron chi connectivity index (χ0n) is 11.0. The molecule has 0 saturated heterocycles. The number of hydrogen-bond acceptors (Lipinski definition) is 6. The van der Waals surface area contributed by atoms with Gasteiger partial charge in [0.2, 0.25) is 0 Å². The molecule has 2 rings (SSSR count). The number of non-ortho nitro benzene ring substituents is 1. The molecule has 2 aromatic rings. The molecule has 0 saturated carbocycles. The molecule has 1 aromatic heterocycles. The standard InChI is InChI=1S/C13H13N3O4/c1-3-20-13(17)11-7(2)15-10-5-4-8(16(18)19)6-9(10)12(11)14/h4-6H,3H2,1-2H3,(H2,14,15). The predicted octanol–water partition coefficient (Wildman–Crippen LogP) is 2.21. The first-order chi connectivity index (χ1) is 9.45. The van der Waals surface area contributed by atoms with Crippen molar-refractivity contribution >= 4 is 28.2 Å². The number of ether oxygens (including phenoxy) is 1. The van der Waals surface area contributed by atoms with Gasteiger partial charge in [-0.3, -0.25) is 15.1 Å². The molecule has 104 valence electrons. The van der Waals surface area contributed by atoms with Gasteiger partial charge in [-0.2, -0.15) is 0 Å². The van der Waals surface area contributed by atoms with Crippen LogP contribution in [0.3, 0.4) is 0 Å². The quantitative estimate of drug-likeness (QED) is 0.522. The van der Waals surface area contributed by atoms with Crippen LogP contribution in [-0.4, -0.2) is 22.5 Å². The van der Waals surface area contributed by atoms with E-state index in [-0.39, 0.29) is 23.5 Å². The monoisotopic (exact) mass is 275 g/mol. The maximum absolute atomic E-state index is 11.9. The van der Waals surface area contributed by atoms with Gasteiger partial charge in [-0.15, -0.1) is 0 Å². The van der Waals surface area contributed by atoms with Crippen molar-refractivity contribution in [2.24, 2.45) is 0 Å². The van der Waals surface area contributed by atoms with Crippen molar-refractivity contribution in [3.63, 3.8) is 0 Å². The number of rotatable bonds is 3. The summed E-state index contributed by atoms with van der Waals surface area (Å²) >= 11 is 0. The first kappa shape index (κ1) is 13.7. The van der Waals surface area contributed by atoms with E-state index >= 15 is 0 Å². The van der Waals surface area contributed by atoms with Crippen LogP contribution in [0, 0.1) is 17.0 Å². The minimum atomic E-state index is -0.580. The number of carbonyl (C=O) groups excluding carboxylic acids is 1. The second-order valence-corrected chi connectivity index (χ2v) is 4.16. The largest absolute Gasteiger partial charge is 0.462 e. The molecule has 0 aliphatic heterocycles. The number of carbonyl (C=O) groups is 1. The van der Waals surface area contributed by atoms with E-state index in [0.29, 0.717) is 16.6 Å². The lowest BCUT2D eigenvalue weighted by molar-refractivity contribution is -0.384. The summed E-state index contributed by atoms with van der Waals surface area (Å²) < 4.78 is 4.92. The number of fused-ring (bicyclic) bond motifs is 1. The minimum Gasteiger partial charge on any atom is -0.462 e. The lowest BCUT2D eigenvalue weighted by Crippen LogP contribution is -2.12. The van der Waals surface area contributed by atoms with Crippen LogP contribution in [0.2, 0.25) is 0 Å². The lowest BCUT2D eigenvalue weighted by atomic mass is 10.1. The second kappa shape index (κ2) is 5.12. The Morgan fingerprint density at radius 1 is 1.50 bits per heavy atom. The van der Waals surface area contributed by atoms with Crippen molar-refractivity contribution < 1.29 is 14.5 Å². The normalized spacial score (nSPS) is 10.5. The van der Waals surface area contributed by atoms with Gasteiger partial charge in [0.25, 0.3) is 5.69 Å². The number of esters is 1. The van der Waals surface area contributed by atoms with Crippen molar-refractivity contribution in [2.45, 2.75) is 13.8 Å². The van der Waals surface area contributed by atoms with Crippen LogP contribution in [0.5, 0.6) is 0 Å². The number of hydrogen-bond donors (Lipinski definition) is 1. The molecule has 20 heavy (non-hydrogen) atoms. The number of aromatic nitrogens is 1. The number of aryl methyl sites for hydroxylation is 1. The van der Waals surface area contributed by atoms with Crippen LogP contribution in [0.15, 0.2) is 18.2 Å². The highest BCUT2D eigenvalue weighted by Gasteiger charge is 2.19. The predicted molar refractivity (Wildman–Crippen MR) is 73.5 cm³/mol. The molecule has 0 aliphatic rings. The Bertz CT molecular complexity index is 712. The van der Waals surface area contributed by atoms with Crippen LogP contribution in [0.25, 0.3) is 10.9 Å². The summed E-state index contributed by atoms with van der Waals surface area (Å²) in [5.74, 6) is -0.580. The fourth-order valence-electron chi connectivity index (χ4n) is 1.98. The van der Waals surface area contributed by atoms with Crippen LogP contribution < -0.4 is 5.73 Å². The summed E-state index contributed by atoms with van der Waals surface area (Å²) in [6.07, 6.45) is 0. The van der Waals surface area contributed by atoms with E-state index in [1.165, 1.54) is 18.2 Å². The fraction of sp³-hybridized carbons (Fsp3) is 0.231. The highest BCUT2D eigenvalue weighted by atomic mass is 16.6. The highest BCUT2D eigenvalue weighted by Crippen LogP contribution is 2.29. The first-order valence-electron chi connectivity index (χ1n) is 5.97. The van der Waals surface area contributed by atoms with E-state index < -0.39 is 10.9 Å². The number of nitro groups is 1. The molecule has 0 spiro atoms. The van der Waals surface area contributed by atoms with Gasteiger partial charge in [-0.1, -0.05) is 0 Å². The van der Waals surface area contributed by atoms with Crippen molar-refractivity contribution in [3.8, 4) is 0 Å². The van der Waals surface area contributed by atoms with Crippen LogP contribution in [-0.2, 0) is 4.74 Å². The minimum absolute atomic E-state index is 0.107. The molecule has 7 heteroatoms. The van der Waals surface area contributed by atoms with Crippen molar-refractivity contribution in [1.29, 1.82) is 0 Å². The highest BCUT2D eigenvalue weighted by molar-refractivity contribution is 6.05. The van der Waals surface area contributed by atoms with E-state index in [4.69, 9.17) is 10.5 Å². The van der Waals surface area contributed by atoms with E-state index in [9.17, 15) is 14.9 Å². The molecule has 1 heterocycles. The molecule has 0 amide bonds. The molecule has 0 unspecified atom stereocenters. The summed E-state index contributed by atoms with van der Waals surface area (Å²) in [6, 6.07) is 4.16. The average Bonchev–Trinajstić information content (AvgIpc) is 2.38. The molecule has 0 radical (unpaired) electrons. The SMILES string of the molecule is CCOC(=O)c1c(C)nc2ccc([N+](=O)[O-])cc2c1N. The van der Waals surface area contributed by atoms with Crippen molar-refractivity contribution in [2.75, 3.05) is 12.3 Å². The smallest absolute Gasteiger partial charge is 0.342 e. The molecular formula is C13H13N3O4. The Labute approximate surface area is 114 Å². The van der Waals surface area contributed by atoms with E-state index in [0.717, 1.165) is 0 Å². The zero-order valence-corrected chi connectivity index (χ0v) is 11.0. The molecule has 0 aliphatic carbocycles. The summed E-state index contributed by atoms with van der Waals surface area (Å²) in [5.41, 5.74) is 7.08. The Kier molecular flexibility index (Phi) is 3.51. The average molecular weight is 275 g/mol. The lowest BCUT2D eigenvalue weighted by Gasteiger charge is -2.10. The number of anilines is 1. The summed E-state index contributed by atoms with van der Waals surface area (Å²) in [4.78, 5) is 26.4. The van der Waals surface area contributed by atoms with Gasteiger partial charge < -0.3 is 10.5 Å². The van der Waals surface area contributed by atoms with Gasteiger partial charge in [0.15, 0.2) is 0 Å². The van der Waals surface area contributed by atoms with Gasteiger partial charge in [0.05, 0.1) is 28.4 Å². The van der Waals surface area contributed by atoms with Gasteiger partial charge >= 0.3 is 5.97 Å². The first-order valence-corrected chi connectivity index (χ1v) is 5.97. The third-order valence-corrected chi connectivity index (χ3v) is 2.88. The summed E-state index contributed by atoms with van der Waals surface area (Å²) in [7, 11) is 0. The number of benzene rings is 1. The Morgan fingerprint density at radius 2 is 2.20 bits per heavy atom. The Balaban J connectivity index is 2.71. The van der Waals surface area contributed by atoms with E-state index in [1.807, 2.05) is 0 Å². The summed E-state index contributed by atoms with van der Waals surface area (Å²) in [6.45, 7) is 3.54. The Hall–Kier alpha value is -2.70. The van der Waals surface area contributed by atoms with Gasteiger partial charge in [-0.25, -0.2) is 4.79 Å². The maximum Gasteiger partial charge on any atom is 0.342 e. The van der Waals surface area contributed by atoms with Gasteiger partial charge in [0, 0.05) is 17.5 Å². The van der Waals surface area contributed by atoms with Crippen LogP contribution >= 0.6 is 0 Å². The molecule has 2 N–H and O–H groups in total.